The van der Waals surface area contributed by atoms with Crippen LogP contribution in [0.25, 0.3) is 10.9 Å². The van der Waals surface area contributed by atoms with E-state index in [1.54, 1.807) is 11.3 Å². The van der Waals surface area contributed by atoms with Gasteiger partial charge in [0.15, 0.2) is 0 Å². The van der Waals surface area contributed by atoms with Gasteiger partial charge in [-0.15, -0.1) is 11.3 Å². The number of hydrogen-bond donors (Lipinski definition) is 1. The highest BCUT2D eigenvalue weighted by molar-refractivity contribution is 9.10. The largest absolute Gasteiger partial charge is 0.350 e. The number of carbonyl (C=O) groups excluding carboxylic acids is 1. The Bertz CT molecular complexity index is 791. The number of para-hydroxylation sites is 1. The smallest absolute Gasteiger partial charge is 0.240 e. The average Bonchev–Trinajstić information content (AvgIpc) is 3.01. The quantitative estimate of drug-likeness (QED) is 0.744. The molecule has 5 heteroatoms. The maximum absolute atomic E-state index is 12.1. The SMILES string of the molecule is Cc1cc2ccccc2n1CC(=O)NCc1cc(Br)cs1. The van der Waals surface area contributed by atoms with E-state index in [1.165, 1.54) is 5.39 Å². The van der Waals surface area contributed by atoms with Gasteiger partial charge in [-0.3, -0.25) is 4.79 Å². The van der Waals surface area contributed by atoms with Crippen LogP contribution in [-0.2, 0) is 17.9 Å². The average molecular weight is 363 g/mol. The van der Waals surface area contributed by atoms with Gasteiger partial charge in [-0.1, -0.05) is 18.2 Å². The van der Waals surface area contributed by atoms with Crippen LogP contribution in [0.4, 0.5) is 0 Å². The predicted octanol–water partition coefficient (Wildman–Crippen LogP) is 4.09. The summed E-state index contributed by atoms with van der Waals surface area (Å²) in [4.78, 5) is 13.3. The van der Waals surface area contributed by atoms with Gasteiger partial charge in [-0.25, -0.2) is 0 Å². The van der Waals surface area contributed by atoms with Gasteiger partial charge in [0.1, 0.15) is 6.54 Å². The third-order valence-corrected chi connectivity index (χ3v) is 5.10. The summed E-state index contributed by atoms with van der Waals surface area (Å²) in [5.74, 6) is 0.0315. The van der Waals surface area contributed by atoms with Crippen molar-refractivity contribution in [3.05, 3.63) is 56.8 Å². The molecule has 3 nitrogen and oxygen atoms in total. The van der Waals surface area contributed by atoms with Gasteiger partial charge < -0.3 is 9.88 Å². The summed E-state index contributed by atoms with van der Waals surface area (Å²) in [7, 11) is 0. The third-order valence-electron chi connectivity index (χ3n) is 3.40. The molecule has 0 atom stereocenters. The zero-order valence-electron chi connectivity index (χ0n) is 11.6. The topological polar surface area (TPSA) is 34.0 Å². The van der Waals surface area contributed by atoms with Crippen molar-refractivity contribution in [2.75, 3.05) is 0 Å². The molecule has 21 heavy (non-hydrogen) atoms. The Balaban J connectivity index is 1.70. The van der Waals surface area contributed by atoms with Crippen molar-refractivity contribution >= 4 is 44.1 Å². The Hall–Kier alpha value is -1.59. The molecular formula is C16H15BrN2OS. The minimum absolute atomic E-state index is 0.0315. The van der Waals surface area contributed by atoms with Crippen LogP contribution >= 0.6 is 27.3 Å². The Morgan fingerprint density at radius 1 is 1.33 bits per heavy atom. The summed E-state index contributed by atoms with van der Waals surface area (Å²) >= 11 is 5.05. The molecule has 0 unspecified atom stereocenters. The second kappa shape index (κ2) is 6.03. The molecule has 3 aromatic rings. The molecule has 0 fully saturated rings. The summed E-state index contributed by atoms with van der Waals surface area (Å²) in [5, 5.41) is 6.16. The van der Waals surface area contributed by atoms with Gasteiger partial charge in [-0.05, 0) is 46.4 Å². The first kappa shape index (κ1) is 14.4. The number of rotatable bonds is 4. The van der Waals surface area contributed by atoms with E-state index < -0.39 is 0 Å². The lowest BCUT2D eigenvalue weighted by Gasteiger charge is -2.08. The molecule has 2 aromatic heterocycles. The lowest BCUT2D eigenvalue weighted by molar-refractivity contribution is -0.121. The van der Waals surface area contributed by atoms with Gasteiger partial charge >= 0.3 is 0 Å². The van der Waals surface area contributed by atoms with Crippen LogP contribution in [0.2, 0.25) is 0 Å². The van der Waals surface area contributed by atoms with Crippen LogP contribution in [-0.4, -0.2) is 10.5 Å². The Kier molecular flexibility index (Phi) is 4.12. The molecule has 1 amide bonds. The number of aromatic nitrogens is 1. The van der Waals surface area contributed by atoms with Crippen molar-refractivity contribution < 1.29 is 4.79 Å². The van der Waals surface area contributed by atoms with Crippen LogP contribution in [0.1, 0.15) is 10.6 Å². The van der Waals surface area contributed by atoms with Crippen LogP contribution < -0.4 is 5.32 Å². The Morgan fingerprint density at radius 2 is 2.14 bits per heavy atom. The predicted molar refractivity (Wildman–Crippen MR) is 90.5 cm³/mol. The minimum atomic E-state index is 0.0315. The summed E-state index contributed by atoms with van der Waals surface area (Å²) in [6.45, 7) is 2.96. The molecule has 1 N–H and O–H groups in total. The minimum Gasteiger partial charge on any atom is -0.350 e. The van der Waals surface area contributed by atoms with Crippen LogP contribution in [0.3, 0.4) is 0 Å². The molecule has 1 aromatic carbocycles. The van der Waals surface area contributed by atoms with Crippen LogP contribution in [0.5, 0.6) is 0 Å². The standard InChI is InChI=1S/C16H15BrN2OS/c1-11-6-12-4-2-3-5-15(12)19(11)9-16(20)18-8-14-7-13(17)10-21-14/h2-7,10H,8-9H2,1H3,(H,18,20). The second-order valence-corrected chi connectivity index (χ2v) is 6.85. The van der Waals surface area contributed by atoms with Gasteiger partial charge in [0, 0.05) is 25.9 Å². The van der Waals surface area contributed by atoms with Crippen molar-refractivity contribution in [2.45, 2.75) is 20.0 Å². The molecular weight excluding hydrogens is 348 g/mol. The Labute approximate surface area is 135 Å². The highest BCUT2D eigenvalue weighted by Crippen LogP contribution is 2.20. The maximum atomic E-state index is 12.1. The fourth-order valence-electron chi connectivity index (χ4n) is 2.39. The zero-order valence-corrected chi connectivity index (χ0v) is 14.0. The molecule has 2 heterocycles. The number of hydrogen-bond acceptors (Lipinski definition) is 2. The molecule has 108 valence electrons. The number of nitrogens with zero attached hydrogens (tertiary/aromatic N) is 1. The van der Waals surface area contributed by atoms with E-state index in [1.807, 2.05) is 36.6 Å². The number of nitrogens with one attached hydrogen (secondary N) is 1. The van der Waals surface area contributed by atoms with Gasteiger partial charge in [-0.2, -0.15) is 0 Å². The first-order valence-corrected chi connectivity index (χ1v) is 8.35. The number of benzene rings is 1. The monoisotopic (exact) mass is 362 g/mol. The van der Waals surface area contributed by atoms with E-state index in [4.69, 9.17) is 0 Å². The van der Waals surface area contributed by atoms with E-state index in [2.05, 4.69) is 37.9 Å². The van der Waals surface area contributed by atoms with Crippen LogP contribution in [0.15, 0.2) is 46.3 Å². The third kappa shape index (κ3) is 3.19. The van der Waals surface area contributed by atoms with E-state index in [0.29, 0.717) is 13.1 Å². The lowest BCUT2D eigenvalue weighted by Crippen LogP contribution is -2.27. The molecule has 0 bridgehead atoms. The van der Waals surface area contributed by atoms with E-state index >= 15 is 0 Å². The summed E-state index contributed by atoms with van der Waals surface area (Å²) in [5.41, 5.74) is 2.20. The normalized spacial score (nSPS) is 11.0. The fourth-order valence-corrected chi connectivity index (χ4v) is 3.78. The summed E-state index contributed by atoms with van der Waals surface area (Å²) < 4.78 is 3.11. The van der Waals surface area contributed by atoms with E-state index in [0.717, 1.165) is 20.6 Å². The van der Waals surface area contributed by atoms with Crippen LogP contribution in [0, 0.1) is 6.92 Å². The number of aryl methyl sites for hydroxylation is 1. The molecule has 3 rings (SSSR count). The van der Waals surface area contributed by atoms with E-state index in [-0.39, 0.29) is 5.91 Å². The highest BCUT2D eigenvalue weighted by Gasteiger charge is 2.09. The van der Waals surface area contributed by atoms with Gasteiger partial charge in [0.2, 0.25) is 5.91 Å². The van der Waals surface area contributed by atoms with Crippen molar-refractivity contribution in [3.63, 3.8) is 0 Å². The summed E-state index contributed by atoms with van der Waals surface area (Å²) in [6, 6.07) is 12.3. The first-order chi connectivity index (χ1) is 10.1. The zero-order chi connectivity index (χ0) is 14.8. The first-order valence-electron chi connectivity index (χ1n) is 6.68. The number of thiophene rings is 1. The summed E-state index contributed by atoms with van der Waals surface area (Å²) in [6.07, 6.45) is 0. The molecule has 0 spiro atoms. The number of fused-ring (bicyclic) bond motifs is 1. The van der Waals surface area contributed by atoms with Crippen molar-refractivity contribution in [3.8, 4) is 0 Å². The lowest BCUT2D eigenvalue weighted by atomic mass is 10.2. The molecule has 0 aliphatic heterocycles. The van der Waals surface area contributed by atoms with Gasteiger partial charge in [0.25, 0.3) is 0 Å². The molecule has 0 saturated carbocycles. The molecule has 0 radical (unpaired) electrons. The highest BCUT2D eigenvalue weighted by atomic mass is 79.9. The van der Waals surface area contributed by atoms with Crippen molar-refractivity contribution in [1.82, 2.24) is 9.88 Å². The number of halogens is 1. The van der Waals surface area contributed by atoms with Crippen molar-refractivity contribution in [2.24, 2.45) is 0 Å². The molecule has 0 aliphatic carbocycles. The number of amides is 1. The Morgan fingerprint density at radius 3 is 2.90 bits per heavy atom. The van der Waals surface area contributed by atoms with E-state index in [9.17, 15) is 4.79 Å². The van der Waals surface area contributed by atoms with Gasteiger partial charge in [0.05, 0.1) is 6.54 Å². The second-order valence-electron chi connectivity index (χ2n) is 4.94. The number of carbonyl (C=O) groups is 1. The fraction of sp³-hybridized carbons (Fsp3) is 0.188. The van der Waals surface area contributed by atoms with Crippen molar-refractivity contribution in [1.29, 1.82) is 0 Å². The maximum Gasteiger partial charge on any atom is 0.240 e. The molecule has 0 saturated heterocycles. The molecule has 0 aliphatic rings.